The van der Waals surface area contributed by atoms with Crippen LogP contribution in [0.15, 0.2) is 17.0 Å². The Morgan fingerprint density at radius 2 is 2.00 bits per heavy atom. The predicted octanol–water partition coefficient (Wildman–Crippen LogP) is 0.459. The maximum Gasteiger partial charge on any atom is 0.153 e. The van der Waals surface area contributed by atoms with Gasteiger partial charge in [-0.15, -0.1) is 5.43 Å². The van der Waals surface area contributed by atoms with Crippen LogP contribution < -0.4 is 5.43 Å². The lowest BCUT2D eigenvalue weighted by Crippen LogP contribution is -2.46. The zero-order valence-electron chi connectivity index (χ0n) is 8.90. The molecule has 0 amide bonds. The highest BCUT2D eigenvalue weighted by molar-refractivity contribution is 5.94. The normalized spacial score (nSPS) is 23.1. The number of piperazine rings is 1. The molecular weight excluding hydrogens is 176 g/mol. The Balaban J connectivity index is 1.87. The molecule has 2 aliphatic rings. The molecule has 0 saturated carbocycles. The van der Waals surface area contributed by atoms with E-state index in [0.29, 0.717) is 0 Å². The predicted molar refractivity (Wildman–Crippen MR) is 57.0 cm³/mol. The summed E-state index contributed by atoms with van der Waals surface area (Å²) in [6.45, 7) is 9.78. The van der Waals surface area contributed by atoms with E-state index in [0.717, 1.165) is 44.3 Å². The summed E-state index contributed by atoms with van der Waals surface area (Å²) in [6.07, 6.45) is 2.06. The standard InChI is InChI=1S/C10H17N4/c1-3-13-4-6-14(7-5-13)10-8-9(2)11-12-10/h8H,3-7H2,1-2H3. The Bertz CT molecular complexity index is 261. The van der Waals surface area contributed by atoms with Gasteiger partial charge in [0.1, 0.15) is 0 Å². The van der Waals surface area contributed by atoms with Gasteiger partial charge in [-0.25, -0.2) is 0 Å². The molecule has 0 N–H and O–H groups in total. The van der Waals surface area contributed by atoms with Gasteiger partial charge in [-0.05, 0) is 13.5 Å². The van der Waals surface area contributed by atoms with E-state index < -0.39 is 0 Å². The first-order chi connectivity index (χ1) is 6.79. The van der Waals surface area contributed by atoms with Crippen molar-refractivity contribution in [1.82, 2.24) is 15.2 Å². The van der Waals surface area contributed by atoms with E-state index in [9.17, 15) is 0 Å². The molecule has 0 aromatic rings. The molecule has 0 aliphatic carbocycles. The number of allylic oxidation sites excluding steroid dienone is 1. The van der Waals surface area contributed by atoms with Crippen LogP contribution in [0.2, 0.25) is 0 Å². The van der Waals surface area contributed by atoms with E-state index in [1.54, 1.807) is 0 Å². The molecular formula is C10H17N4. The molecule has 4 heteroatoms. The van der Waals surface area contributed by atoms with Crippen LogP contribution in [0.3, 0.4) is 0 Å². The summed E-state index contributed by atoms with van der Waals surface area (Å²) in [6, 6.07) is 0. The molecule has 0 aromatic carbocycles. The third-order valence-electron chi connectivity index (χ3n) is 2.79. The first-order valence-corrected chi connectivity index (χ1v) is 5.24. The second-order valence-electron chi connectivity index (χ2n) is 3.77. The molecule has 0 spiro atoms. The van der Waals surface area contributed by atoms with E-state index in [1.165, 1.54) is 0 Å². The highest BCUT2D eigenvalue weighted by Crippen LogP contribution is 2.11. The molecule has 0 bridgehead atoms. The van der Waals surface area contributed by atoms with Crippen molar-refractivity contribution < 1.29 is 0 Å². The van der Waals surface area contributed by atoms with Gasteiger partial charge in [-0.1, -0.05) is 6.92 Å². The van der Waals surface area contributed by atoms with Crippen molar-refractivity contribution in [3.05, 3.63) is 11.9 Å². The van der Waals surface area contributed by atoms with Crippen LogP contribution in [0, 0.1) is 0 Å². The Kier molecular flexibility index (Phi) is 2.72. The zero-order valence-corrected chi connectivity index (χ0v) is 8.90. The molecule has 0 atom stereocenters. The molecule has 1 saturated heterocycles. The second kappa shape index (κ2) is 4.00. The lowest BCUT2D eigenvalue weighted by Gasteiger charge is -2.34. The lowest BCUT2D eigenvalue weighted by molar-refractivity contribution is 0.159. The number of rotatable bonds is 2. The minimum absolute atomic E-state index is 1.01. The van der Waals surface area contributed by atoms with Crippen molar-refractivity contribution in [3.63, 3.8) is 0 Å². The van der Waals surface area contributed by atoms with Gasteiger partial charge >= 0.3 is 0 Å². The van der Waals surface area contributed by atoms with Crippen molar-refractivity contribution >= 4 is 5.71 Å². The summed E-state index contributed by atoms with van der Waals surface area (Å²) in [7, 11) is 0. The van der Waals surface area contributed by atoms with Crippen LogP contribution in [-0.4, -0.2) is 48.2 Å². The quantitative estimate of drug-likeness (QED) is 0.638. The lowest BCUT2D eigenvalue weighted by atomic mass is 10.3. The molecule has 4 nitrogen and oxygen atoms in total. The number of hydrogen-bond donors (Lipinski definition) is 0. The molecule has 1 radical (unpaired) electrons. The summed E-state index contributed by atoms with van der Waals surface area (Å²) < 4.78 is 0. The average molecular weight is 193 g/mol. The fourth-order valence-electron chi connectivity index (χ4n) is 1.82. The smallest absolute Gasteiger partial charge is 0.153 e. The summed E-state index contributed by atoms with van der Waals surface area (Å²) in [5.41, 5.74) is 5.16. The highest BCUT2D eigenvalue weighted by Gasteiger charge is 2.20. The van der Waals surface area contributed by atoms with Crippen LogP contribution in [-0.2, 0) is 0 Å². The van der Waals surface area contributed by atoms with E-state index in [2.05, 4.69) is 33.3 Å². The summed E-state index contributed by atoms with van der Waals surface area (Å²) in [4.78, 5) is 4.77. The molecule has 77 valence electrons. The Morgan fingerprint density at radius 1 is 1.29 bits per heavy atom. The minimum Gasteiger partial charge on any atom is -0.353 e. The molecule has 2 rings (SSSR count). The molecule has 0 aromatic heterocycles. The van der Waals surface area contributed by atoms with Crippen molar-refractivity contribution in [2.45, 2.75) is 13.8 Å². The van der Waals surface area contributed by atoms with Crippen LogP contribution in [0.1, 0.15) is 13.8 Å². The Hall–Kier alpha value is -1.03. The molecule has 1 fully saturated rings. The number of likely N-dealkylation sites (N-methyl/N-ethyl adjacent to an activating group) is 1. The zero-order chi connectivity index (χ0) is 9.97. The fraction of sp³-hybridized carbons (Fsp3) is 0.700. The van der Waals surface area contributed by atoms with Crippen molar-refractivity contribution in [2.24, 2.45) is 5.10 Å². The van der Waals surface area contributed by atoms with Crippen molar-refractivity contribution in [3.8, 4) is 0 Å². The Morgan fingerprint density at radius 3 is 2.50 bits per heavy atom. The van der Waals surface area contributed by atoms with E-state index >= 15 is 0 Å². The first kappa shape index (κ1) is 9.52. The topological polar surface area (TPSA) is 32.9 Å². The van der Waals surface area contributed by atoms with Crippen LogP contribution in [0.4, 0.5) is 0 Å². The van der Waals surface area contributed by atoms with Crippen molar-refractivity contribution in [1.29, 1.82) is 0 Å². The molecule has 2 heterocycles. The molecule has 2 aliphatic heterocycles. The molecule has 0 unspecified atom stereocenters. The van der Waals surface area contributed by atoms with Crippen LogP contribution in [0.25, 0.3) is 0 Å². The average Bonchev–Trinajstić information content (AvgIpc) is 2.65. The fourth-order valence-corrected chi connectivity index (χ4v) is 1.82. The van der Waals surface area contributed by atoms with Gasteiger partial charge in [0, 0.05) is 32.3 Å². The third-order valence-corrected chi connectivity index (χ3v) is 2.79. The maximum absolute atomic E-state index is 4.15. The van der Waals surface area contributed by atoms with Gasteiger partial charge in [-0.3, -0.25) is 0 Å². The maximum atomic E-state index is 4.15. The van der Waals surface area contributed by atoms with Crippen molar-refractivity contribution in [2.75, 3.05) is 32.7 Å². The minimum atomic E-state index is 1.01. The van der Waals surface area contributed by atoms with Gasteiger partial charge in [0.2, 0.25) is 0 Å². The van der Waals surface area contributed by atoms with Gasteiger partial charge in [0.05, 0.1) is 5.71 Å². The number of nitrogens with zero attached hydrogens (tertiary/aromatic N) is 4. The summed E-state index contributed by atoms with van der Waals surface area (Å²) in [5, 5.41) is 4.03. The highest BCUT2D eigenvalue weighted by atomic mass is 15.4. The van der Waals surface area contributed by atoms with Gasteiger partial charge in [0.15, 0.2) is 5.82 Å². The summed E-state index contributed by atoms with van der Waals surface area (Å²) in [5.74, 6) is 1.04. The first-order valence-electron chi connectivity index (χ1n) is 5.24. The second-order valence-corrected chi connectivity index (χ2v) is 3.77. The third kappa shape index (κ3) is 1.90. The van der Waals surface area contributed by atoms with Gasteiger partial charge < -0.3 is 9.80 Å². The molecule has 14 heavy (non-hydrogen) atoms. The monoisotopic (exact) mass is 193 g/mol. The Labute approximate surface area is 85.3 Å². The van der Waals surface area contributed by atoms with Gasteiger partial charge in [-0.2, -0.15) is 5.10 Å². The van der Waals surface area contributed by atoms with Crippen LogP contribution >= 0.6 is 0 Å². The van der Waals surface area contributed by atoms with E-state index in [1.807, 2.05) is 6.92 Å². The van der Waals surface area contributed by atoms with E-state index in [-0.39, 0.29) is 0 Å². The van der Waals surface area contributed by atoms with E-state index in [4.69, 9.17) is 0 Å². The van der Waals surface area contributed by atoms with Crippen LogP contribution in [0.5, 0.6) is 0 Å². The van der Waals surface area contributed by atoms with Gasteiger partial charge in [0.25, 0.3) is 0 Å². The number of hydrogen-bond acceptors (Lipinski definition) is 3. The largest absolute Gasteiger partial charge is 0.353 e. The SMILES string of the molecule is CCN1CCN(C2=CC(C)=N[N]2)CC1. The summed E-state index contributed by atoms with van der Waals surface area (Å²) >= 11 is 0.